The number of anilines is 1. The molecule has 0 saturated carbocycles. The van der Waals surface area contributed by atoms with E-state index >= 15 is 0 Å². The molecule has 1 N–H and O–H groups in total. The first-order valence-electron chi connectivity index (χ1n) is 7.47. The lowest BCUT2D eigenvalue weighted by Gasteiger charge is -2.26. The van der Waals surface area contributed by atoms with Crippen LogP contribution < -0.4 is 10.2 Å². The van der Waals surface area contributed by atoms with Crippen LogP contribution in [0.15, 0.2) is 22.7 Å². The minimum Gasteiger partial charge on any atom is -0.372 e. The van der Waals surface area contributed by atoms with E-state index in [4.69, 9.17) is 0 Å². The van der Waals surface area contributed by atoms with Gasteiger partial charge in [-0.3, -0.25) is 0 Å². The number of nitrogens with zero attached hydrogens (tertiary/aromatic N) is 1. The van der Waals surface area contributed by atoms with Crippen LogP contribution in [-0.4, -0.2) is 19.6 Å². The van der Waals surface area contributed by atoms with E-state index in [0.29, 0.717) is 0 Å². The van der Waals surface area contributed by atoms with Gasteiger partial charge in [0.25, 0.3) is 0 Å². The molecule has 0 aliphatic heterocycles. The highest BCUT2D eigenvalue weighted by Gasteiger charge is 2.09. The number of halogens is 1. The van der Waals surface area contributed by atoms with Crippen molar-refractivity contribution in [3.05, 3.63) is 28.2 Å². The topological polar surface area (TPSA) is 15.3 Å². The third-order valence-electron chi connectivity index (χ3n) is 3.29. The lowest BCUT2D eigenvalue weighted by atomic mass is 10.1. The molecular formula is C16H27BrN2. The summed E-state index contributed by atoms with van der Waals surface area (Å²) in [6.07, 6.45) is 3.68. The highest BCUT2D eigenvalue weighted by Crippen LogP contribution is 2.25. The average Bonchev–Trinajstić information content (AvgIpc) is 2.41. The SMILES string of the molecule is CCCCN(CC)c1ccc(Br)cc1CNCCC. The van der Waals surface area contributed by atoms with Gasteiger partial charge in [0.15, 0.2) is 0 Å². The van der Waals surface area contributed by atoms with Crippen LogP contribution >= 0.6 is 15.9 Å². The number of nitrogens with one attached hydrogen (secondary N) is 1. The number of benzene rings is 1. The summed E-state index contributed by atoms with van der Waals surface area (Å²) >= 11 is 3.58. The molecule has 0 radical (unpaired) electrons. The summed E-state index contributed by atoms with van der Waals surface area (Å²) in [5, 5.41) is 3.51. The second-order valence-corrected chi connectivity index (χ2v) is 5.80. The Bertz CT molecular complexity index is 366. The van der Waals surface area contributed by atoms with Gasteiger partial charge in [-0.2, -0.15) is 0 Å². The lowest BCUT2D eigenvalue weighted by Crippen LogP contribution is -2.26. The number of hydrogen-bond acceptors (Lipinski definition) is 2. The molecule has 0 fully saturated rings. The Morgan fingerprint density at radius 1 is 1.16 bits per heavy atom. The van der Waals surface area contributed by atoms with E-state index in [-0.39, 0.29) is 0 Å². The maximum absolute atomic E-state index is 3.58. The highest BCUT2D eigenvalue weighted by atomic mass is 79.9. The molecule has 19 heavy (non-hydrogen) atoms. The molecule has 0 amide bonds. The van der Waals surface area contributed by atoms with Crippen molar-refractivity contribution < 1.29 is 0 Å². The largest absolute Gasteiger partial charge is 0.372 e. The van der Waals surface area contributed by atoms with Crippen LogP contribution in [0.3, 0.4) is 0 Å². The van der Waals surface area contributed by atoms with E-state index in [0.717, 1.165) is 30.7 Å². The summed E-state index contributed by atoms with van der Waals surface area (Å²) < 4.78 is 1.16. The van der Waals surface area contributed by atoms with E-state index in [9.17, 15) is 0 Å². The van der Waals surface area contributed by atoms with Gasteiger partial charge in [-0.15, -0.1) is 0 Å². The Hall–Kier alpha value is -0.540. The van der Waals surface area contributed by atoms with Crippen LogP contribution in [0.1, 0.15) is 45.6 Å². The minimum atomic E-state index is 0.950. The van der Waals surface area contributed by atoms with E-state index in [1.807, 2.05) is 0 Å². The smallest absolute Gasteiger partial charge is 0.0412 e. The second kappa shape index (κ2) is 9.38. The number of unbranched alkanes of at least 4 members (excludes halogenated alkanes) is 1. The number of rotatable bonds is 9. The van der Waals surface area contributed by atoms with Crippen LogP contribution in [0.4, 0.5) is 5.69 Å². The fourth-order valence-corrected chi connectivity index (χ4v) is 2.61. The second-order valence-electron chi connectivity index (χ2n) is 4.88. The first-order chi connectivity index (χ1) is 9.22. The summed E-state index contributed by atoms with van der Waals surface area (Å²) in [6.45, 7) is 10.9. The van der Waals surface area contributed by atoms with Crippen LogP contribution in [0, 0.1) is 0 Å². The molecule has 1 aromatic carbocycles. The molecule has 1 rings (SSSR count). The van der Waals surface area contributed by atoms with Gasteiger partial charge in [0.1, 0.15) is 0 Å². The molecule has 0 bridgehead atoms. The fraction of sp³-hybridized carbons (Fsp3) is 0.625. The van der Waals surface area contributed by atoms with Crippen molar-refractivity contribution in [1.29, 1.82) is 0 Å². The number of hydrogen-bond donors (Lipinski definition) is 1. The average molecular weight is 327 g/mol. The summed E-state index contributed by atoms with van der Waals surface area (Å²) in [7, 11) is 0. The van der Waals surface area contributed by atoms with E-state index < -0.39 is 0 Å². The Morgan fingerprint density at radius 3 is 2.58 bits per heavy atom. The van der Waals surface area contributed by atoms with Crippen LogP contribution in [0.25, 0.3) is 0 Å². The minimum absolute atomic E-state index is 0.950. The third kappa shape index (κ3) is 5.53. The summed E-state index contributed by atoms with van der Waals surface area (Å²) in [4.78, 5) is 2.49. The molecule has 0 atom stereocenters. The van der Waals surface area contributed by atoms with Gasteiger partial charge in [0.2, 0.25) is 0 Å². The maximum atomic E-state index is 3.58. The fourth-order valence-electron chi connectivity index (χ4n) is 2.20. The van der Waals surface area contributed by atoms with E-state index in [1.54, 1.807) is 0 Å². The van der Waals surface area contributed by atoms with E-state index in [2.05, 4.69) is 65.1 Å². The summed E-state index contributed by atoms with van der Waals surface area (Å²) in [6, 6.07) is 6.63. The standard InChI is InChI=1S/C16H27BrN2/c1-4-7-11-19(6-3)16-9-8-15(17)12-14(16)13-18-10-5-2/h8-9,12,18H,4-7,10-11,13H2,1-3H3. The Balaban J connectivity index is 2.83. The normalized spacial score (nSPS) is 10.7. The van der Waals surface area contributed by atoms with Crippen molar-refractivity contribution in [2.45, 2.75) is 46.6 Å². The zero-order chi connectivity index (χ0) is 14.1. The quantitative estimate of drug-likeness (QED) is 0.668. The predicted octanol–water partition coefficient (Wildman–Crippen LogP) is 4.58. The van der Waals surface area contributed by atoms with Gasteiger partial charge in [-0.05, 0) is 50.1 Å². The van der Waals surface area contributed by atoms with Crippen LogP contribution in [-0.2, 0) is 6.54 Å². The Morgan fingerprint density at radius 2 is 1.95 bits per heavy atom. The molecule has 0 saturated heterocycles. The van der Waals surface area contributed by atoms with Gasteiger partial charge in [-0.1, -0.05) is 36.2 Å². The molecule has 2 nitrogen and oxygen atoms in total. The molecule has 3 heteroatoms. The first-order valence-corrected chi connectivity index (χ1v) is 8.26. The molecule has 0 aliphatic carbocycles. The predicted molar refractivity (Wildman–Crippen MR) is 88.9 cm³/mol. The summed E-state index contributed by atoms with van der Waals surface area (Å²) in [5.74, 6) is 0. The van der Waals surface area contributed by atoms with Crippen molar-refractivity contribution in [3.63, 3.8) is 0 Å². The highest BCUT2D eigenvalue weighted by molar-refractivity contribution is 9.10. The van der Waals surface area contributed by atoms with Crippen molar-refractivity contribution in [2.75, 3.05) is 24.5 Å². The van der Waals surface area contributed by atoms with Gasteiger partial charge in [-0.25, -0.2) is 0 Å². The van der Waals surface area contributed by atoms with Crippen molar-refractivity contribution in [2.24, 2.45) is 0 Å². The van der Waals surface area contributed by atoms with Gasteiger partial charge >= 0.3 is 0 Å². The molecule has 0 heterocycles. The van der Waals surface area contributed by atoms with Crippen molar-refractivity contribution >= 4 is 21.6 Å². The molecule has 108 valence electrons. The van der Waals surface area contributed by atoms with Crippen LogP contribution in [0.2, 0.25) is 0 Å². The van der Waals surface area contributed by atoms with Gasteiger partial charge in [0.05, 0.1) is 0 Å². The molecule has 0 aromatic heterocycles. The van der Waals surface area contributed by atoms with Gasteiger partial charge in [0, 0.05) is 29.8 Å². The van der Waals surface area contributed by atoms with Crippen molar-refractivity contribution in [3.8, 4) is 0 Å². The molecule has 0 aliphatic rings. The molecular weight excluding hydrogens is 300 g/mol. The maximum Gasteiger partial charge on any atom is 0.0412 e. The van der Waals surface area contributed by atoms with Gasteiger partial charge < -0.3 is 10.2 Å². The van der Waals surface area contributed by atoms with E-state index in [1.165, 1.54) is 30.5 Å². The zero-order valence-corrected chi connectivity index (χ0v) is 14.1. The Kier molecular flexibility index (Phi) is 8.15. The molecule has 0 unspecified atom stereocenters. The third-order valence-corrected chi connectivity index (χ3v) is 3.78. The zero-order valence-electron chi connectivity index (χ0n) is 12.5. The lowest BCUT2D eigenvalue weighted by molar-refractivity contribution is 0.668. The Labute approximate surface area is 126 Å². The first kappa shape index (κ1) is 16.5. The molecule has 1 aromatic rings. The van der Waals surface area contributed by atoms with Crippen LogP contribution in [0.5, 0.6) is 0 Å². The monoisotopic (exact) mass is 326 g/mol. The molecule has 0 spiro atoms. The van der Waals surface area contributed by atoms with Crippen molar-refractivity contribution in [1.82, 2.24) is 5.32 Å². The summed E-state index contributed by atoms with van der Waals surface area (Å²) in [5.41, 5.74) is 2.77.